The Morgan fingerprint density at radius 2 is 2.32 bits per heavy atom. The van der Waals surface area contributed by atoms with Gasteiger partial charge < -0.3 is 9.88 Å². The van der Waals surface area contributed by atoms with Crippen LogP contribution in [0.25, 0.3) is 0 Å². The van der Waals surface area contributed by atoms with Crippen molar-refractivity contribution in [2.24, 2.45) is 0 Å². The molecule has 0 aliphatic carbocycles. The number of nitrogens with one attached hydrogen (secondary N) is 1. The summed E-state index contributed by atoms with van der Waals surface area (Å²) in [6.07, 6.45) is 5.44. The maximum absolute atomic E-state index is 12.2. The first-order valence-corrected chi connectivity index (χ1v) is 6.94. The fraction of sp³-hybridized carbons (Fsp3) is 0.286. The van der Waals surface area contributed by atoms with E-state index in [1.807, 2.05) is 36.7 Å². The van der Waals surface area contributed by atoms with E-state index in [2.05, 4.69) is 26.2 Å². The normalized spacial score (nSPS) is 10.5. The van der Waals surface area contributed by atoms with Gasteiger partial charge in [-0.3, -0.25) is 9.78 Å². The number of carbonyl (C=O) groups excluding carboxylic acids is 1. The van der Waals surface area contributed by atoms with E-state index in [4.69, 9.17) is 0 Å². The number of hydrogen-bond acceptors (Lipinski definition) is 2. The highest BCUT2D eigenvalue weighted by atomic mass is 79.9. The van der Waals surface area contributed by atoms with Crippen LogP contribution in [-0.4, -0.2) is 15.5 Å². The maximum Gasteiger partial charge on any atom is 0.268 e. The number of amides is 1. The molecule has 0 aromatic carbocycles. The second-order valence-corrected chi connectivity index (χ2v) is 5.23. The third kappa shape index (κ3) is 3.23. The number of aromatic nitrogens is 2. The zero-order valence-corrected chi connectivity index (χ0v) is 12.6. The predicted molar refractivity (Wildman–Crippen MR) is 78.0 cm³/mol. The minimum atomic E-state index is -0.0660. The maximum atomic E-state index is 12.2. The topological polar surface area (TPSA) is 46.9 Å². The molecule has 0 unspecified atom stereocenters. The number of hydrogen-bond donors (Lipinski definition) is 1. The van der Waals surface area contributed by atoms with Crippen LogP contribution in [0.15, 0.2) is 35.2 Å². The van der Waals surface area contributed by atoms with Crippen molar-refractivity contribution in [2.75, 3.05) is 0 Å². The molecule has 0 bridgehead atoms. The van der Waals surface area contributed by atoms with Crippen LogP contribution in [0.3, 0.4) is 0 Å². The number of nitrogens with zero attached hydrogens (tertiary/aromatic N) is 2. The van der Waals surface area contributed by atoms with Gasteiger partial charge in [0.25, 0.3) is 5.91 Å². The summed E-state index contributed by atoms with van der Waals surface area (Å²) in [5.74, 6) is -0.0660. The summed E-state index contributed by atoms with van der Waals surface area (Å²) in [6, 6.07) is 3.75. The highest BCUT2D eigenvalue weighted by molar-refractivity contribution is 9.10. The van der Waals surface area contributed by atoms with Crippen molar-refractivity contribution in [2.45, 2.75) is 26.9 Å². The van der Waals surface area contributed by atoms with E-state index in [9.17, 15) is 4.79 Å². The molecule has 0 aliphatic heterocycles. The molecule has 2 heterocycles. The molecule has 2 aromatic rings. The molecule has 0 fully saturated rings. The number of halogens is 1. The molecule has 0 radical (unpaired) electrons. The summed E-state index contributed by atoms with van der Waals surface area (Å²) in [4.78, 5) is 16.2. The first kappa shape index (κ1) is 13.8. The summed E-state index contributed by atoms with van der Waals surface area (Å²) in [5.41, 5.74) is 2.83. The Balaban J connectivity index is 2.07. The fourth-order valence-electron chi connectivity index (χ4n) is 1.89. The number of rotatable bonds is 4. The van der Waals surface area contributed by atoms with Gasteiger partial charge in [-0.2, -0.15) is 0 Å². The van der Waals surface area contributed by atoms with Crippen LogP contribution >= 0.6 is 15.9 Å². The third-order valence-electron chi connectivity index (χ3n) is 3.01. The van der Waals surface area contributed by atoms with Gasteiger partial charge in [-0.25, -0.2) is 0 Å². The molecule has 19 heavy (non-hydrogen) atoms. The van der Waals surface area contributed by atoms with Crippen LogP contribution < -0.4 is 5.32 Å². The summed E-state index contributed by atoms with van der Waals surface area (Å²) in [6.45, 7) is 5.28. The standard InChI is InChI=1S/C14H16BrN3O/c1-3-18-9-12(15)6-13(18)14(19)17-8-11-4-5-16-7-10(11)2/h4-7,9H,3,8H2,1-2H3,(H,17,19). The van der Waals surface area contributed by atoms with Crippen LogP contribution in [0.4, 0.5) is 0 Å². The molecule has 0 atom stereocenters. The number of pyridine rings is 1. The monoisotopic (exact) mass is 321 g/mol. The van der Waals surface area contributed by atoms with E-state index >= 15 is 0 Å². The summed E-state index contributed by atoms with van der Waals surface area (Å²) >= 11 is 3.39. The van der Waals surface area contributed by atoms with Gasteiger partial charge in [0.05, 0.1) is 0 Å². The van der Waals surface area contributed by atoms with Crippen molar-refractivity contribution in [3.63, 3.8) is 0 Å². The van der Waals surface area contributed by atoms with Gasteiger partial charge >= 0.3 is 0 Å². The lowest BCUT2D eigenvalue weighted by molar-refractivity contribution is 0.0941. The molecule has 1 N–H and O–H groups in total. The van der Waals surface area contributed by atoms with Gasteiger partial charge in [-0.05, 0) is 53.0 Å². The second kappa shape index (κ2) is 6.02. The minimum absolute atomic E-state index is 0.0660. The SMILES string of the molecule is CCn1cc(Br)cc1C(=O)NCc1ccncc1C. The third-order valence-corrected chi connectivity index (χ3v) is 3.45. The van der Waals surface area contributed by atoms with Crippen LogP contribution in [0.2, 0.25) is 0 Å². The second-order valence-electron chi connectivity index (χ2n) is 4.31. The Kier molecular flexibility index (Phi) is 4.37. The van der Waals surface area contributed by atoms with Crippen molar-refractivity contribution >= 4 is 21.8 Å². The van der Waals surface area contributed by atoms with Gasteiger partial charge in [0.15, 0.2) is 0 Å². The lowest BCUT2D eigenvalue weighted by Gasteiger charge is -2.09. The smallest absolute Gasteiger partial charge is 0.268 e. The molecule has 5 heteroatoms. The van der Waals surface area contributed by atoms with Crippen molar-refractivity contribution in [3.8, 4) is 0 Å². The Labute approximate surface area is 121 Å². The molecule has 0 spiro atoms. The van der Waals surface area contributed by atoms with Gasteiger partial charge in [0.2, 0.25) is 0 Å². The molecule has 2 rings (SSSR count). The molecule has 4 nitrogen and oxygen atoms in total. The van der Waals surface area contributed by atoms with E-state index in [1.165, 1.54) is 0 Å². The molecule has 0 aliphatic rings. The fourth-order valence-corrected chi connectivity index (χ4v) is 2.36. The quantitative estimate of drug-likeness (QED) is 0.941. The Morgan fingerprint density at radius 1 is 1.53 bits per heavy atom. The van der Waals surface area contributed by atoms with Crippen molar-refractivity contribution < 1.29 is 4.79 Å². The van der Waals surface area contributed by atoms with E-state index in [0.29, 0.717) is 12.2 Å². The largest absolute Gasteiger partial charge is 0.347 e. The van der Waals surface area contributed by atoms with Gasteiger partial charge in [0.1, 0.15) is 5.69 Å². The highest BCUT2D eigenvalue weighted by Crippen LogP contribution is 2.15. The van der Waals surface area contributed by atoms with Crippen LogP contribution in [0.5, 0.6) is 0 Å². The Bertz CT molecular complexity index is 592. The average Bonchev–Trinajstić information content (AvgIpc) is 2.79. The van der Waals surface area contributed by atoms with Crippen LogP contribution in [0, 0.1) is 6.92 Å². The molecule has 0 saturated carbocycles. The average molecular weight is 322 g/mol. The summed E-state index contributed by atoms with van der Waals surface area (Å²) in [7, 11) is 0. The molecule has 2 aromatic heterocycles. The number of carbonyl (C=O) groups is 1. The zero-order valence-electron chi connectivity index (χ0n) is 11.0. The zero-order chi connectivity index (χ0) is 13.8. The van der Waals surface area contributed by atoms with Crippen molar-refractivity contribution in [1.29, 1.82) is 0 Å². The van der Waals surface area contributed by atoms with Crippen LogP contribution in [-0.2, 0) is 13.1 Å². The van der Waals surface area contributed by atoms with E-state index in [-0.39, 0.29) is 5.91 Å². The first-order valence-electron chi connectivity index (χ1n) is 6.15. The van der Waals surface area contributed by atoms with Gasteiger partial charge in [0, 0.05) is 36.2 Å². The minimum Gasteiger partial charge on any atom is -0.347 e. The van der Waals surface area contributed by atoms with Gasteiger partial charge in [-0.15, -0.1) is 0 Å². The molecule has 1 amide bonds. The van der Waals surface area contributed by atoms with Crippen LogP contribution in [0.1, 0.15) is 28.5 Å². The summed E-state index contributed by atoms with van der Waals surface area (Å²) < 4.78 is 2.83. The van der Waals surface area contributed by atoms with Crippen molar-refractivity contribution in [1.82, 2.24) is 14.9 Å². The Hall–Kier alpha value is -1.62. The lowest BCUT2D eigenvalue weighted by Crippen LogP contribution is -2.25. The molecular weight excluding hydrogens is 306 g/mol. The first-order chi connectivity index (χ1) is 9.11. The van der Waals surface area contributed by atoms with E-state index < -0.39 is 0 Å². The Morgan fingerprint density at radius 3 is 3.00 bits per heavy atom. The van der Waals surface area contributed by atoms with Crippen molar-refractivity contribution in [3.05, 3.63) is 52.0 Å². The van der Waals surface area contributed by atoms with E-state index in [1.54, 1.807) is 12.4 Å². The molecular formula is C14H16BrN3O. The lowest BCUT2D eigenvalue weighted by atomic mass is 10.1. The molecule has 100 valence electrons. The van der Waals surface area contributed by atoms with E-state index in [0.717, 1.165) is 22.1 Å². The predicted octanol–water partition coefficient (Wildman–Crippen LogP) is 2.90. The van der Waals surface area contributed by atoms with Gasteiger partial charge in [-0.1, -0.05) is 0 Å². The highest BCUT2D eigenvalue weighted by Gasteiger charge is 2.12. The summed E-state index contributed by atoms with van der Waals surface area (Å²) in [5, 5.41) is 2.94. The number of aryl methyl sites for hydroxylation is 2. The molecule has 0 saturated heterocycles.